The number of phenolic OH excluding ortho intramolecular Hbond substituents is 2. The Labute approximate surface area is 187 Å². The molecule has 3 rings (SSSR count). The SMILES string of the molecule is C.C[C@@]1(c2cc(CC(=O)CCc3ccc(O)c(O)c3)ccc2F)CCSC(N)=N1.Cl. The maximum atomic E-state index is 14.5. The summed E-state index contributed by atoms with van der Waals surface area (Å²) in [5.74, 6) is 0.0475. The Hall–Kier alpha value is -2.25. The number of hydrogen-bond acceptors (Lipinski definition) is 6. The molecule has 0 aromatic heterocycles. The van der Waals surface area contributed by atoms with E-state index in [0.29, 0.717) is 23.6 Å². The number of amidine groups is 1. The van der Waals surface area contributed by atoms with E-state index in [0.717, 1.165) is 16.9 Å². The summed E-state index contributed by atoms with van der Waals surface area (Å²) in [5.41, 5.74) is 7.08. The Morgan fingerprint density at radius 2 is 1.90 bits per heavy atom. The van der Waals surface area contributed by atoms with Crippen LogP contribution in [0.2, 0.25) is 0 Å². The summed E-state index contributed by atoms with van der Waals surface area (Å²) in [7, 11) is 0. The molecule has 1 heterocycles. The second-order valence-electron chi connectivity index (χ2n) is 7.18. The molecule has 4 N–H and O–H groups in total. The van der Waals surface area contributed by atoms with Crippen molar-refractivity contribution in [2.75, 3.05) is 5.75 Å². The van der Waals surface area contributed by atoms with E-state index in [1.807, 2.05) is 6.92 Å². The Morgan fingerprint density at radius 3 is 2.57 bits per heavy atom. The molecule has 0 unspecified atom stereocenters. The van der Waals surface area contributed by atoms with Crippen LogP contribution >= 0.6 is 24.2 Å². The molecule has 1 aliphatic heterocycles. The average molecular weight is 455 g/mol. The monoisotopic (exact) mass is 454 g/mol. The van der Waals surface area contributed by atoms with Gasteiger partial charge in [0.25, 0.3) is 0 Å². The molecule has 0 aliphatic carbocycles. The number of phenols is 2. The van der Waals surface area contributed by atoms with Gasteiger partial charge in [-0.3, -0.25) is 9.79 Å². The number of carbonyl (C=O) groups is 1. The molecule has 2 aromatic rings. The molecule has 30 heavy (non-hydrogen) atoms. The van der Waals surface area contributed by atoms with Gasteiger partial charge in [0.15, 0.2) is 16.7 Å². The zero-order chi connectivity index (χ0) is 20.3. The van der Waals surface area contributed by atoms with Gasteiger partial charge in [0.1, 0.15) is 11.6 Å². The van der Waals surface area contributed by atoms with E-state index in [2.05, 4.69) is 4.99 Å². The van der Waals surface area contributed by atoms with Gasteiger partial charge in [-0.2, -0.15) is 0 Å². The number of hydrogen-bond donors (Lipinski definition) is 3. The van der Waals surface area contributed by atoms with Gasteiger partial charge in [0.05, 0.1) is 5.54 Å². The van der Waals surface area contributed by atoms with Gasteiger partial charge in [0, 0.05) is 24.2 Å². The molecule has 0 saturated carbocycles. The van der Waals surface area contributed by atoms with Crippen molar-refractivity contribution in [3.8, 4) is 11.5 Å². The number of thioether (sulfide) groups is 1. The highest BCUT2D eigenvalue weighted by atomic mass is 35.5. The second kappa shape index (κ2) is 10.7. The third kappa shape index (κ3) is 6.12. The number of Topliss-reactive ketones (excluding diaryl/α,β-unsaturated/α-hetero) is 1. The van der Waals surface area contributed by atoms with Crippen molar-refractivity contribution in [2.45, 2.75) is 45.6 Å². The van der Waals surface area contributed by atoms with Crippen LogP contribution in [-0.2, 0) is 23.2 Å². The normalized spacial score (nSPS) is 18.0. The van der Waals surface area contributed by atoms with Crippen molar-refractivity contribution >= 4 is 35.1 Å². The molecule has 1 aliphatic rings. The van der Waals surface area contributed by atoms with Gasteiger partial charge in [-0.1, -0.05) is 37.4 Å². The largest absolute Gasteiger partial charge is 0.504 e. The highest BCUT2D eigenvalue weighted by Crippen LogP contribution is 2.36. The summed E-state index contributed by atoms with van der Waals surface area (Å²) in [4.78, 5) is 16.8. The van der Waals surface area contributed by atoms with E-state index in [9.17, 15) is 19.4 Å². The van der Waals surface area contributed by atoms with Crippen LogP contribution in [0.1, 0.15) is 43.9 Å². The van der Waals surface area contributed by atoms with E-state index >= 15 is 0 Å². The molecule has 2 aromatic carbocycles. The van der Waals surface area contributed by atoms with Crippen LogP contribution < -0.4 is 5.73 Å². The van der Waals surface area contributed by atoms with Gasteiger partial charge in [-0.15, -0.1) is 12.4 Å². The van der Waals surface area contributed by atoms with Gasteiger partial charge in [-0.25, -0.2) is 4.39 Å². The van der Waals surface area contributed by atoms with Gasteiger partial charge in [-0.05, 0) is 49.1 Å². The van der Waals surface area contributed by atoms with Crippen LogP contribution in [0.25, 0.3) is 0 Å². The first kappa shape index (κ1) is 25.8. The number of aryl methyl sites for hydroxylation is 1. The van der Waals surface area contributed by atoms with Crippen LogP contribution in [0.3, 0.4) is 0 Å². The lowest BCUT2D eigenvalue weighted by atomic mass is 9.87. The molecular weight excluding hydrogens is 427 g/mol. The highest BCUT2D eigenvalue weighted by molar-refractivity contribution is 8.13. The van der Waals surface area contributed by atoms with Crippen molar-refractivity contribution in [1.82, 2.24) is 0 Å². The third-order valence-corrected chi connectivity index (χ3v) is 5.74. The Morgan fingerprint density at radius 1 is 1.20 bits per heavy atom. The summed E-state index contributed by atoms with van der Waals surface area (Å²) in [6, 6.07) is 9.24. The fourth-order valence-electron chi connectivity index (χ4n) is 3.30. The Balaban J connectivity index is 0.00000225. The molecule has 0 amide bonds. The number of aromatic hydroxyl groups is 2. The number of rotatable bonds is 6. The van der Waals surface area contributed by atoms with Crippen LogP contribution in [0.15, 0.2) is 41.4 Å². The van der Waals surface area contributed by atoms with E-state index in [-0.39, 0.29) is 55.8 Å². The Bertz CT molecular complexity index is 939. The van der Waals surface area contributed by atoms with E-state index in [1.165, 1.54) is 30.0 Å². The lowest BCUT2D eigenvalue weighted by Crippen LogP contribution is -2.29. The van der Waals surface area contributed by atoms with Crippen LogP contribution in [0.5, 0.6) is 11.5 Å². The number of nitrogens with two attached hydrogens (primary N) is 1. The van der Waals surface area contributed by atoms with Gasteiger partial charge in [0.2, 0.25) is 0 Å². The van der Waals surface area contributed by atoms with Crippen molar-refractivity contribution in [1.29, 1.82) is 0 Å². The molecule has 5 nitrogen and oxygen atoms in total. The zero-order valence-electron chi connectivity index (χ0n) is 16.0. The quantitative estimate of drug-likeness (QED) is 0.549. The van der Waals surface area contributed by atoms with Gasteiger partial charge >= 0.3 is 0 Å². The first-order chi connectivity index (χ1) is 13.3. The molecule has 164 valence electrons. The lowest BCUT2D eigenvalue weighted by Gasteiger charge is -2.30. The number of halogens is 2. The molecule has 0 saturated heterocycles. The summed E-state index contributed by atoms with van der Waals surface area (Å²) in [5, 5.41) is 19.3. The molecule has 0 bridgehead atoms. The molecule has 1 atom stereocenters. The molecule has 0 fully saturated rings. The van der Waals surface area contributed by atoms with Crippen molar-refractivity contribution in [2.24, 2.45) is 10.7 Å². The third-order valence-electron chi connectivity index (χ3n) is 4.94. The van der Waals surface area contributed by atoms with E-state index in [1.54, 1.807) is 18.2 Å². The first-order valence-electron chi connectivity index (χ1n) is 9.06. The minimum atomic E-state index is -0.720. The number of ketones is 1. The van der Waals surface area contributed by atoms with Crippen molar-refractivity contribution < 1.29 is 19.4 Å². The maximum Gasteiger partial charge on any atom is 0.157 e. The maximum absolute atomic E-state index is 14.5. The van der Waals surface area contributed by atoms with E-state index < -0.39 is 5.54 Å². The predicted molar refractivity (Wildman–Crippen MR) is 123 cm³/mol. The van der Waals surface area contributed by atoms with Crippen LogP contribution in [-0.4, -0.2) is 26.9 Å². The number of aliphatic imine (C=N–C) groups is 1. The van der Waals surface area contributed by atoms with Crippen LogP contribution in [0, 0.1) is 5.82 Å². The minimum Gasteiger partial charge on any atom is -0.504 e. The lowest BCUT2D eigenvalue weighted by molar-refractivity contribution is -0.118. The Kier molecular flexibility index (Phi) is 9.18. The molecule has 8 heteroatoms. The molecular formula is C22H28ClFN2O3S. The second-order valence-corrected chi connectivity index (χ2v) is 8.29. The van der Waals surface area contributed by atoms with Gasteiger partial charge < -0.3 is 15.9 Å². The number of nitrogens with zero attached hydrogens (tertiary/aromatic N) is 1. The number of carbonyl (C=O) groups excluding carboxylic acids is 1. The average Bonchev–Trinajstić information content (AvgIpc) is 2.64. The van der Waals surface area contributed by atoms with E-state index in [4.69, 9.17) is 5.73 Å². The summed E-state index contributed by atoms with van der Waals surface area (Å²) < 4.78 is 14.5. The standard InChI is InChI=1S/C21H23FN2O3S.CH4.ClH/c1-21(8-9-28-20(23)24-21)16-11-14(3-6-17(16)22)10-15(25)5-2-13-4-7-18(26)19(27)12-13;;/h3-4,6-7,11-12,26-27H,2,5,8-10H2,1H3,(H2,23,24);1H4;1H/t21-;;/m0../s1. The summed E-state index contributed by atoms with van der Waals surface area (Å²) in [6.45, 7) is 1.86. The molecule has 0 spiro atoms. The highest BCUT2D eigenvalue weighted by Gasteiger charge is 2.32. The zero-order valence-corrected chi connectivity index (χ0v) is 17.7. The summed E-state index contributed by atoms with van der Waals surface area (Å²) in [6.07, 6.45) is 1.62. The first-order valence-corrected chi connectivity index (χ1v) is 10.0. The number of benzene rings is 2. The fourth-order valence-corrected chi connectivity index (χ4v) is 4.27. The minimum absolute atomic E-state index is 0. The fraction of sp³-hybridized carbons (Fsp3) is 0.364. The molecule has 0 radical (unpaired) electrons. The topological polar surface area (TPSA) is 95.9 Å². The summed E-state index contributed by atoms with van der Waals surface area (Å²) >= 11 is 1.46. The van der Waals surface area contributed by atoms with Crippen molar-refractivity contribution in [3.63, 3.8) is 0 Å². The predicted octanol–water partition coefficient (Wildman–Crippen LogP) is 4.71. The van der Waals surface area contributed by atoms with Crippen LogP contribution in [0.4, 0.5) is 4.39 Å². The van der Waals surface area contributed by atoms with Crippen molar-refractivity contribution in [3.05, 3.63) is 58.9 Å². The smallest absolute Gasteiger partial charge is 0.157 e.